The first kappa shape index (κ1) is 13.2. The molecule has 0 bridgehead atoms. The lowest BCUT2D eigenvalue weighted by molar-refractivity contribution is 0.466. The Labute approximate surface area is 118 Å². The second-order valence-electron chi connectivity index (χ2n) is 3.75. The monoisotopic (exact) mass is 329 g/mol. The number of nitrogens with one attached hydrogen (secondary N) is 1. The third kappa shape index (κ3) is 3.15. The number of phenols is 1. The van der Waals surface area contributed by atoms with Gasteiger partial charge in [-0.25, -0.2) is 4.39 Å². The zero-order valence-corrected chi connectivity index (χ0v) is 11.6. The number of halogens is 3. The van der Waals surface area contributed by atoms with Crippen LogP contribution in [0.2, 0.25) is 5.02 Å². The molecule has 0 aliphatic carbocycles. The minimum absolute atomic E-state index is 0.0575. The van der Waals surface area contributed by atoms with Crippen LogP contribution >= 0.6 is 27.5 Å². The Balaban J connectivity index is 2.16. The van der Waals surface area contributed by atoms with E-state index in [-0.39, 0.29) is 11.6 Å². The molecular formula is C13H10BrClFNO. The fourth-order valence-corrected chi connectivity index (χ4v) is 2.08. The van der Waals surface area contributed by atoms with Crippen LogP contribution in [0.5, 0.6) is 5.75 Å². The fourth-order valence-electron chi connectivity index (χ4n) is 1.52. The second-order valence-corrected chi connectivity index (χ2v) is 5.04. The topological polar surface area (TPSA) is 32.3 Å². The van der Waals surface area contributed by atoms with E-state index >= 15 is 0 Å². The first-order valence-corrected chi connectivity index (χ1v) is 6.39. The maximum absolute atomic E-state index is 13.0. The molecule has 0 fully saturated rings. The predicted octanol–water partition coefficient (Wildman–Crippen LogP) is 4.56. The minimum atomic E-state index is -0.380. The molecule has 0 spiro atoms. The Morgan fingerprint density at radius 2 is 2.00 bits per heavy atom. The van der Waals surface area contributed by atoms with Crippen molar-refractivity contribution in [2.24, 2.45) is 0 Å². The third-order valence-corrected chi connectivity index (χ3v) is 3.37. The van der Waals surface area contributed by atoms with Crippen LogP contribution in [-0.4, -0.2) is 5.11 Å². The second kappa shape index (κ2) is 5.59. The van der Waals surface area contributed by atoms with Crippen molar-refractivity contribution in [2.45, 2.75) is 6.54 Å². The van der Waals surface area contributed by atoms with E-state index < -0.39 is 0 Å². The highest BCUT2D eigenvalue weighted by atomic mass is 79.9. The van der Waals surface area contributed by atoms with Crippen molar-refractivity contribution >= 4 is 33.2 Å². The molecule has 0 amide bonds. The van der Waals surface area contributed by atoms with Gasteiger partial charge in [0.25, 0.3) is 0 Å². The molecule has 0 saturated heterocycles. The number of aromatic hydroxyl groups is 1. The molecule has 5 heteroatoms. The van der Waals surface area contributed by atoms with E-state index in [2.05, 4.69) is 21.2 Å². The molecule has 2 aromatic carbocycles. The van der Waals surface area contributed by atoms with Gasteiger partial charge in [-0.05, 0) is 52.3 Å². The number of hydrogen-bond acceptors (Lipinski definition) is 2. The van der Waals surface area contributed by atoms with E-state index in [9.17, 15) is 9.50 Å². The molecule has 2 nitrogen and oxygen atoms in total. The number of anilines is 1. The molecule has 0 aliphatic heterocycles. The standard InChI is InChI=1S/C13H10BrClFNO/c14-11-3-1-9(15)6-12(11)17-7-8-5-10(16)2-4-13(8)18/h1-6,17-18H,7H2. The number of benzene rings is 2. The van der Waals surface area contributed by atoms with Gasteiger partial charge in [-0.1, -0.05) is 11.6 Å². The minimum Gasteiger partial charge on any atom is -0.508 e. The molecule has 0 saturated carbocycles. The summed E-state index contributed by atoms with van der Waals surface area (Å²) < 4.78 is 13.9. The highest BCUT2D eigenvalue weighted by molar-refractivity contribution is 9.10. The number of phenolic OH excluding ortho intramolecular Hbond substituents is 1. The zero-order valence-electron chi connectivity index (χ0n) is 9.25. The molecule has 94 valence electrons. The third-order valence-electron chi connectivity index (χ3n) is 2.44. The molecule has 0 atom stereocenters. The summed E-state index contributed by atoms with van der Waals surface area (Å²) in [5, 5.41) is 13.3. The Kier molecular flexibility index (Phi) is 4.09. The number of hydrogen-bond donors (Lipinski definition) is 2. The van der Waals surface area contributed by atoms with Crippen LogP contribution in [0.25, 0.3) is 0 Å². The summed E-state index contributed by atoms with van der Waals surface area (Å²) in [6.07, 6.45) is 0. The van der Waals surface area contributed by atoms with Gasteiger partial charge in [0.05, 0.1) is 5.69 Å². The lowest BCUT2D eigenvalue weighted by Crippen LogP contribution is -2.01. The van der Waals surface area contributed by atoms with Crippen LogP contribution < -0.4 is 5.32 Å². The van der Waals surface area contributed by atoms with E-state index in [1.165, 1.54) is 18.2 Å². The quantitative estimate of drug-likeness (QED) is 0.864. The van der Waals surface area contributed by atoms with E-state index in [1.54, 1.807) is 12.1 Å². The van der Waals surface area contributed by atoms with E-state index in [0.717, 1.165) is 10.2 Å². The summed E-state index contributed by atoms with van der Waals surface area (Å²) in [5.41, 5.74) is 1.27. The average molecular weight is 331 g/mol. The molecule has 0 unspecified atom stereocenters. The highest BCUT2D eigenvalue weighted by Gasteiger charge is 2.05. The van der Waals surface area contributed by atoms with Crippen molar-refractivity contribution in [1.29, 1.82) is 0 Å². The Morgan fingerprint density at radius 1 is 1.22 bits per heavy atom. The van der Waals surface area contributed by atoms with Crippen LogP contribution in [0.15, 0.2) is 40.9 Å². The lowest BCUT2D eigenvalue weighted by Gasteiger charge is -2.10. The first-order chi connectivity index (χ1) is 8.56. The average Bonchev–Trinajstić information content (AvgIpc) is 2.34. The summed E-state index contributed by atoms with van der Waals surface area (Å²) in [4.78, 5) is 0. The van der Waals surface area contributed by atoms with Crippen LogP contribution in [-0.2, 0) is 6.54 Å². The summed E-state index contributed by atoms with van der Waals surface area (Å²) in [6.45, 7) is 0.308. The van der Waals surface area contributed by atoms with Crippen LogP contribution in [0.4, 0.5) is 10.1 Å². The fraction of sp³-hybridized carbons (Fsp3) is 0.0769. The molecule has 18 heavy (non-hydrogen) atoms. The van der Waals surface area contributed by atoms with Gasteiger partial charge in [0, 0.05) is 21.6 Å². The number of rotatable bonds is 3. The zero-order chi connectivity index (χ0) is 13.1. The van der Waals surface area contributed by atoms with Crippen LogP contribution in [0.1, 0.15) is 5.56 Å². The SMILES string of the molecule is Oc1ccc(F)cc1CNc1cc(Cl)ccc1Br. The van der Waals surface area contributed by atoms with Crippen LogP contribution in [0.3, 0.4) is 0 Å². The predicted molar refractivity (Wildman–Crippen MR) is 74.5 cm³/mol. The first-order valence-electron chi connectivity index (χ1n) is 5.22. The smallest absolute Gasteiger partial charge is 0.123 e. The van der Waals surface area contributed by atoms with Gasteiger partial charge in [0.1, 0.15) is 11.6 Å². The maximum Gasteiger partial charge on any atom is 0.123 e. The Bertz CT molecular complexity index is 525. The molecule has 0 aromatic heterocycles. The van der Waals surface area contributed by atoms with Gasteiger partial charge in [0.2, 0.25) is 0 Å². The highest BCUT2D eigenvalue weighted by Crippen LogP contribution is 2.27. The normalized spacial score (nSPS) is 10.4. The van der Waals surface area contributed by atoms with E-state index in [1.807, 2.05) is 6.07 Å². The van der Waals surface area contributed by atoms with Gasteiger partial charge in [-0.3, -0.25) is 0 Å². The van der Waals surface area contributed by atoms with Gasteiger partial charge < -0.3 is 10.4 Å². The Morgan fingerprint density at radius 3 is 2.78 bits per heavy atom. The van der Waals surface area contributed by atoms with Gasteiger partial charge >= 0.3 is 0 Å². The van der Waals surface area contributed by atoms with E-state index in [4.69, 9.17) is 11.6 Å². The Hall–Kier alpha value is -1.26. The van der Waals surface area contributed by atoms with E-state index in [0.29, 0.717) is 17.1 Å². The molecule has 0 heterocycles. The summed E-state index contributed by atoms with van der Waals surface area (Å²) >= 11 is 9.26. The van der Waals surface area contributed by atoms with Crippen molar-refractivity contribution < 1.29 is 9.50 Å². The molecule has 0 aliphatic rings. The molecule has 2 aromatic rings. The molecular weight excluding hydrogens is 321 g/mol. The van der Waals surface area contributed by atoms with Crippen LogP contribution in [0, 0.1) is 5.82 Å². The summed E-state index contributed by atoms with van der Waals surface area (Å²) in [5.74, 6) is -0.322. The van der Waals surface area contributed by atoms with Crippen molar-refractivity contribution in [1.82, 2.24) is 0 Å². The summed E-state index contributed by atoms with van der Waals surface area (Å²) in [7, 11) is 0. The maximum atomic E-state index is 13.0. The molecule has 2 N–H and O–H groups in total. The largest absolute Gasteiger partial charge is 0.508 e. The van der Waals surface area contributed by atoms with Gasteiger partial charge in [-0.2, -0.15) is 0 Å². The molecule has 0 radical (unpaired) electrons. The van der Waals surface area contributed by atoms with Crippen molar-refractivity contribution in [3.8, 4) is 5.75 Å². The summed E-state index contributed by atoms with van der Waals surface area (Å²) in [6, 6.07) is 9.17. The van der Waals surface area contributed by atoms with Gasteiger partial charge in [-0.15, -0.1) is 0 Å². The van der Waals surface area contributed by atoms with Crippen molar-refractivity contribution in [2.75, 3.05) is 5.32 Å². The van der Waals surface area contributed by atoms with Gasteiger partial charge in [0.15, 0.2) is 0 Å². The lowest BCUT2D eigenvalue weighted by atomic mass is 10.2. The van der Waals surface area contributed by atoms with Crippen molar-refractivity contribution in [3.63, 3.8) is 0 Å². The molecule has 2 rings (SSSR count). The van der Waals surface area contributed by atoms with Crippen molar-refractivity contribution in [3.05, 3.63) is 57.3 Å².